The van der Waals surface area contributed by atoms with Crippen LogP contribution in [-0.2, 0) is 10.8 Å². The Labute approximate surface area is 260 Å². The molecular formula is C42H35NO. The van der Waals surface area contributed by atoms with Gasteiger partial charge in [-0.15, -0.1) is 0 Å². The third-order valence-corrected chi connectivity index (χ3v) is 9.74. The highest BCUT2D eigenvalue weighted by molar-refractivity contribution is 5.84. The van der Waals surface area contributed by atoms with Crippen LogP contribution in [0.25, 0.3) is 33.4 Å². The van der Waals surface area contributed by atoms with Crippen LogP contribution in [0.15, 0.2) is 133 Å². The molecule has 1 aliphatic carbocycles. The maximum Gasteiger partial charge on any atom is 0.131 e. The second-order valence-corrected chi connectivity index (χ2v) is 13.1. The predicted molar refractivity (Wildman–Crippen MR) is 183 cm³/mol. The van der Waals surface area contributed by atoms with E-state index in [1.165, 1.54) is 55.6 Å². The van der Waals surface area contributed by atoms with Crippen LogP contribution in [0.2, 0.25) is 0 Å². The number of hydrogen-bond acceptors (Lipinski definition) is 2. The summed E-state index contributed by atoms with van der Waals surface area (Å²) in [6, 6.07) is 48.1. The number of nitrogens with one attached hydrogen (secondary N) is 1. The molecule has 2 aliphatic rings. The van der Waals surface area contributed by atoms with Gasteiger partial charge in [0.1, 0.15) is 11.5 Å². The molecule has 1 aliphatic heterocycles. The molecule has 0 spiro atoms. The summed E-state index contributed by atoms with van der Waals surface area (Å²) < 4.78 is 6.26. The standard InChI is InChI=1S/C42H35NO/c1-41(2)35-10-6-5-9-33(35)34-23-17-29(25-37(34)41)27-13-19-31(20-14-27)43-32-21-15-28(16-22-32)30-18-24-40-38(26-30)42(3,4)36-11-7-8-12-39(36)44-40/h5-26,43H,1-4H3. The van der Waals surface area contributed by atoms with Gasteiger partial charge in [-0.2, -0.15) is 0 Å². The molecule has 0 unspecified atom stereocenters. The van der Waals surface area contributed by atoms with E-state index in [-0.39, 0.29) is 10.8 Å². The zero-order valence-corrected chi connectivity index (χ0v) is 25.6. The van der Waals surface area contributed by atoms with Crippen molar-refractivity contribution in [1.82, 2.24) is 0 Å². The van der Waals surface area contributed by atoms with Crippen molar-refractivity contribution in [2.45, 2.75) is 38.5 Å². The molecule has 6 aromatic carbocycles. The summed E-state index contributed by atoms with van der Waals surface area (Å²) in [5.41, 5.74) is 14.8. The van der Waals surface area contributed by atoms with Gasteiger partial charge in [0.05, 0.1) is 0 Å². The van der Waals surface area contributed by atoms with Crippen LogP contribution >= 0.6 is 0 Å². The number of para-hydroxylation sites is 1. The van der Waals surface area contributed by atoms with E-state index in [1.807, 2.05) is 6.07 Å². The Morgan fingerprint density at radius 3 is 1.57 bits per heavy atom. The van der Waals surface area contributed by atoms with E-state index in [9.17, 15) is 0 Å². The van der Waals surface area contributed by atoms with Crippen LogP contribution in [0.1, 0.15) is 49.9 Å². The van der Waals surface area contributed by atoms with E-state index >= 15 is 0 Å². The maximum absolute atomic E-state index is 6.26. The van der Waals surface area contributed by atoms with Crippen molar-refractivity contribution in [3.63, 3.8) is 0 Å². The van der Waals surface area contributed by atoms with Gasteiger partial charge >= 0.3 is 0 Å². The Balaban J connectivity index is 1.00. The summed E-state index contributed by atoms with van der Waals surface area (Å²) in [4.78, 5) is 0. The molecule has 0 saturated heterocycles. The molecule has 1 N–H and O–H groups in total. The average molecular weight is 570 g/mol. The van der Waals surface area contributed by atoms with Gasteiger partial charge < -0.3 is 10.1 Å². The fourth-order valence-corrected chi connectivity index (χ4v) is 7.17. The molecule has 8 rings (SSSR count). The number of hydrogen-bond donors (Lipinski definition) is 1. The molecule has 6 aromatic rings. The molecule has 0 atom stereocenters. The molecule has 0 aromatic heterocycles. The van der Waals surface area contributed by atoms with E-state index in [1.54, 1.807) is 0 Å². The summed E-state index contributed by atoms with van der Waals surface area (Å²) in [5.74, 6) is 1.89. The molecule has 0 saturated carbocycles. The molecule has 0 fully saturated rings. The van der Waals surface area contributed by atoms with Gasteiger partial charge in [-0.25, -0.2) is 0 Å². The molecular weight excluding hydrogens is 534 g/mol. The summed E-state index contributed by atoms with van der Waals surface area (Å²) in [6.45, 7) is 9.22. The van der Waals surface area contributed by atoms with E-state index in [0.29, 0.717) is 0 Å². The van der Waals surface area contributed by atoms with Crippen molar-refractivity contribution in [2.24, 2.45) is 0 Å². The van der Waals surface area contributed by atoms with E-state index in [0.717, 1.165) is 22.9 Å². The third kappa shape index (κ3) is 4.17. The molecule has 2 heteroatoms. The number of ether oxygens (including phenoxy) is 1. The van der Waals surface area contributed by atoms with Gasteiger partial charge in [-0.05, 0) is 93.0 Å². The third-order valence-electron chi connectivity index (χ3n) is 9.74. The normalized spacial score (nSPS) is 14.9. The largest absolute Gasteiger partial charge is 0.457 e. The van der Waals surface area contributed by atoms with Crippen molar-refractivity contribution >= 4 is 11.4 Å². The summed E-state index contributed by atoms with van der Waals surface area (Å²) in [7, 11) is 0. The van der Waals surface area contributed by atoms with Crippen LogP contribution in [-0.4, -0.2) is 0 Å². The fraction of sp³-hybridized carbons (Fsp3) is 0.143. The fourth-order valence-electron chi connectivity index (χ4n) is 7.17. The molecule has 2 nitrogen and oxygen atoms in total. The number of fused-ring (bicyclic) bond motifs is 5. The zero-order chi connectivity index (χ0) is 30.1. The van der Waals surface area contributed by atoms with E-state index in [4.69, 9.17) is 4.74 Å². The highest BCUT2D eigenvalue weighted by atomic mass is 16.5. The lowest BCUT2D eigenvalue weighted by molar-refractivity contribution is 0.418. The van der Waals surface area contributed by atoms with Gasteiger partial charge in [-0.3, -0.25) is 0 Å². The van der Waals surface area contributed by atoms with Crippen LogP contribution in [0.4, 0.5) is 11.4 Å². The van der Waals surface area contributed by atoms with Gasteiger partial charge in [0.2, 0.25) is 0 Å². The Morgan fingerprint density at radius 2 is 0.886 bits per heavy atom. The molecule has 1 heterocycles. The molecule has 44 heavy (non-hydrogen) atoms. The van der Waals surface area contributed by atoms with Crippen LogP contribution < -0.4 is 10.1 Å². The minimum atomic E-state index is -0.130. The lowest BCUT2D eigenvalue weighted by atomic mass is 9.75. The van der Waals surface area contributed by atoms with Crippen molar-refractivity contribution in [2.75, 3.05) is 5.32 Å². The quantitative estimate of drug-likeness (QED) is 0.228. The first-order valence-corrected chi connectivity index (χ1v) is 15.4. The first kappa shape index (κ1) is 26.5. The Morgan fingerprint density at radius 1 is 0.409 bits per heavy atom. The number of rotatable bonds is 4. The molecule has 0 radical (unpaired) electrons. The lowest BCUT2D eigenvalue weighted by Crippen LogP contribution is -2.24. The van der Waals surface area contributed by atoms with E-state index < -0.39 is 0 Å². The molecule has 214 valence electrons. The second-order valence-electron chi connectivity index (χ2n) is 13.1. The second kappa shape index (κ2) is 9.72. The van der Waals surface area contributed by atoms with Gasteiger partial charge in [0.25, 0.3) is 0 Å². The van der Waals surface area contributed by atoms with Crippen LogP contribution in [0.5, 0.6) is 11.5 Å². The lowest BCUT2D eigenvalue weighted by Gasteiger charge is -2.34. The SMILES string of the molecule is CC1(C)c2ccccc2Oc2ccc(-c3ccc(Nc4ccc(-c5ccc6c(c5)C(C)(C)c5ccccc5-6)cc4)cc3)cc21. The highest BCUT2D eigenvalue weighted by Crippen LogP contribution is 2.50. The van der Waals surface area contributed by atoms with Crippen molar-refractivity contribution in [3.05, 3.63) is 156 Å². The molecule has 0 amide bonds. The molecule has 0 bridgehead atoms. The monoisotopic (exact) mass is 569 g/mol. The minimum absolute atomic E-state index is 0.00407. The van der Waals surface area contributed by atoms with Gasteiger partial charge in [-0.1, -0.05) is 113 Å². The van der Waals surface area contributed by atoms with Crippen molar-refractivity contribution in [1.29, 1.82) is 0 Å². The van der Waals surface area contributed by atoms with Gasteiger partial charge in [0, 0.05) is 33.3 Å². The zero-order valence-electron chi connectivity index (χ0n) is 25.6. The topological polar surface area (TPSA) is 21.3 Å². The number of benzene rings is 6. The average Bonchev–Trinajstić information content (AvgIpc) is 3.28. The predicted octanol–water partition coefficient (Wildman–Crippen LogP) is 11.5. The Bertz CT molecular complexity index is 2050. The van der Waals surface area contributed by atoms with Crippen LogP contribution in [0, 0.1) is 0 Å². The van der Waals surface area contributed by atoms with Crippen molar-refractivity contribution < 1.29 is 4.74 Å². The summed E-state index contributed by atoms with van der Waals surface area (Å²) >= 11 is 0. The smallest absolute Gasteiger partial charge is 0.131 e. The first-order valence-electron chi connectivity index (χ1n) is 15.4. The first-order chi connectivity index (χ1) is 21.3. The summed E-state index contributed by atoms with van der Waals surface area (Å²) in [6.07, 6.45) is 0. The Kier molecular flexibility index (Phi) is 5.86. The van der Waals surface area contributed by atoms with Crippen molar-refractivity contribution in [3.8, 4) is 44.9 Å². The minimum Gasteiger partial charge on any atom is -0.457 e. The summed E-state index contributed by atoms with van der Waals surface area (Å²) in [5, 5.41) is 3.58. The number of anilines is 2. The van der Waals surface area contributed by atoms with Gasteiger partial charge in [0.15, 0.2) is 0 Å². The van der Waals surface area contributed by atoms with E-state index in [2.05, 4.69) is 160 Å². The maximum atomic E-state index is 6.26. The Hall–Kier alpha value is -5.08. The van der Waals surface area contributed by atoms with Crippen LogP contribution in [0.3, 0.4) is 0 Å². The highest BCUT2D eigenvalue weighted by Gasteiger charge is 2.36.